The van der Waals surface area contributed by atoms with Crippen LogP contribution in [0.1, 0.15) is 25.5 Å². The van der Waals surface area contributed by atoms with Crippen LogP contribution in [0.25, 0.3) is 33.1 Å². The molecule has 1 saturated heterocycles. The fourth-order valence-electron chi connectivity index (χ4n) is 4.27. The average Bonchev–Trinajstić information content (AvgIpc) is 3.18. The van der Waals surface area contributed by atoms with Gasteiger partial charge in [-0.05, 0) is 43.1 Å². The normalized spacial score (nSPS) is 15.4. The van der Waals surface area contributed by atoms with Gasteiger partial charge in [0.15, 0.2) is 11.4 Å². The van der Waals surface area contributed by atoms with E-state index in [1.165, 1.54) is 0 Å². The van der Waals surface area contributed by atoms with Crippen molar-refractivity contribution >= 4 is 33.5 Å². The van der Waals surface area contributed by atoms with Gasteiger partial charge in [-0.1, -0.05) is 30.7 Å². The second-order valence-corrected chi connectivity index (χ2v) is 8.28. The van der Waals surface area contributed by atoms with E-state index in [0.29, 0.717) is 16.5 Å². The summed E-state index contributed by atoms with van der Waals surface area (Å²) in [5, 5.41) is 12.2. The van der Waals surface area contributed by atoms with Gasteiger partial charge in [-0.25, -0.2) is 9.97 Å². The number of aromatic nitrogens is 3. The van der Waals surface area contributed by atoms with Crippen LogP contribution in [0.2, 0.25) is 5.02 Å². The summed E-state index contributed by atoms with van der Waals surface area (Å²) in [6.07, 6.45) is 5.44. The molecule has 4 heterocycles. The minimum atomic E-state index is 0.0660. The van der Waals surface area contributed by atoms with Crippen LogP contribution < -0.4 is 4.74 Å². The molecule has 6 nitrogen and oxygen atoms in total. The third kappa shape index (κ3) is 3.71. The fourth-order valence-corrected chi connectivity index (χ4v) is 4.46. The van der Waals surface area contributed by atoms with E-state index in [1.807, 2.05) is 30.5 Å². The van der Waals surface area contributed by atoms with Gasteiger partial charge in [0.1, 0.15) is 17.8 Å². The molecule has 0 unspecified atom stereocenters. The number of benzene rings is 1. The Morgan fingerprint density at radius 2 is 2.03 bits per heavy atom. The molecule has 7 heteroatoms. The Labute approximate surface area is 185 Å². The van der Waals surface area contributed by atoms with Gasteiger partial charge in [-0.3, -0.25) is 0 Å². The second-order valence-electron chi connectivity index (χ2n) is 7.84. The van der Waals surface area contributed by atoms with Crippen molar-refractivity contribution < 1.29 is 4.74 Å². The predicted molar refractivity (Wildman–Crippen MR) is 122 cm³/mol. The van der Waals surface area contributed by atoms with Crippen molar-refractivity contribution in [3.05, 3.63) is 53.4 Å². The number of nitriles is 1. The van der Waals surface area contributed by atoms with Crippen LogP contribution in [-0.2, 0) is 0 Å². The van der Waals surface area contributed by atoms with E-state index in [4.69, 9.17) is 16.3 Å². The summed E-state index contributed by atoms with van der Waals surface area (Å²) in [5.74, 6) is 0.547. The second kappa shape index (κ2) is 8.18. The highest BCUT2D eigenvalue weighted by molar-refractivity contribution is 6.30. The molecule has 0 saturated carbocycles. The van der Waals surface area contributed by atoms with Crippen molar-refractivity contribution in [1.29, 1.82) is 5.26 Å². The summed E-state index contributed by atoms with van der Waals surface area (Å²) >= 11 is 6.19. The molecular weight excluding hydrogens is 410 g/mol. The Morgan fingerprint density at radius 3 is 2.77 bits per heavy atom. The molecule has 1 aromatic carbocycles. The standard InChI is InChI=1S/C24H22ClN5O/c1-2-30-8-6-18(7-9-30)31-23-20(12-26)27-14-21-22(23)19-11-16(13-28-24(19)29-21)15-4-3-5-17(25)10-15/h3-5,10-11,13-14,18H,2,6-9H2,1H3,(H,28,29). The SMILES string of the molecule is CCN1CCC(Oc2c(C#N)ncc3[nH]c4ncc(-c5cccc(Cl)c5)cc4c23)CC1. The highest BCUT2D eigenvalue weighted by atomic mass is 35.5. The van der Waals surface area contributed by atoms with Crippen LogP contribution in [0.3, 0.4) is 0 Å². The zero-order chi connectivity index (χ0) is 21.4. The number of nitrogens with zero attached hydrogens (tertiary/aromatic N) is 4. The van der Waals surface area contributed by atoms with Crippen molar-refractivity contribution in [3.8, 4) is 22.9 Å². The van der Waals surface area contributed by atoms with Crippen molar-refractivity contribution in [1.82, 2.24) is 19.9 Å². The van der Waals surface area contributed by atoms with Gasteiger partial charge in [0.25, 0.3) is 0 Å². The maximum absolute atomic E-state index is 9.72. The number of hydrogen-bond acceptors (Lipinski definition) is 5. The van der Waals surface area contributed by atoms with Crippen molar-refractivity contribution in [3.63, 3.8) is 0 Å². The van der Waals surface area contributed by atoms with Crippen LogP contribution in [-0.4, -0.2) is 45.6 Å². The number of hydrogen-bond donors (Lipinski definition) is 1. The van der Waals surface area contributed by atoms with Crippen LogP contribution >= 0.6 is 11.6 Å². The van der Waals surface area contributed by atoms with Gasteiger partial charge in [0.2, 0.25) is 0 Å². The maximum atomic E-state index is 9.72. The molecule has 31 heavy (non-hydrogen) atoms. The number of piperidine rings is 1. The molecule has 156 valence electrons. The molecule has 0 spiro atoms. The number of H-pyrrole nitrogens is 1. The lowest BCUT2D eigenvalue weighted by atomic mass is 10.0. The molecule has 4 aromatic rings. The molecular formula is C24H22ClN5O. The Bertz CT molecular complexity index is 1300. The molecule has 1 fully saturated rings. The largest absolute Gasteiger partial charge is 0.487 e. The number of ether oxygens (including phenoxy) is 1. The predicted octanol–water partition coefficient (Wildman–Crippen LogP) is 5.17. The lowest BCUT2D eigenvalue weighted by molar-refractivity contribution is 0.104. The number of halogens is 1. The number of pyridine rings is 2. The highest BCUT2D eigenvalue weighted by Crippen LogP contribution is 2.37. The number of fused-ring (bicyclic) bond motifs is 3. The molecule has 3 aromatic heterocycles. The van der Waals surface area contributed by atoms with Gasteiger partial charge in [0, 0.05) is 35.3 Å². The molecule has 0 bridgehead atoms. The topological polar surface area (TPSA) is 77.8 Å². The minimum absolute atomic E-state index is 0.0660. The molecule has 0 aliphatic carbocycles. The third-order valence-corrected chi connectivity index (χ3v) is 6.21. The van der Waals surface area contributed by atoms with Crippen LogP contribution in [0.5, 0.6) is 5.75 Å². The summed E-state index contributed by atoms with van der Waals surface area (Å²) in [7, 11) is 0. The monoisotopic (exact) mass is 431 g/mol. The van der Waals surface area contributed by atoms with Gasteiger partial charge >= 0.3 is 0 Å². The van der Waals surface area contributed by atoms with E-state index in [9.17, 15) is 5.26 Å². The zero-order valence-corrected chi connectivity index (χ0v) is 18.0. The minimum Gasteiger partial charge on any atom is -0.487 e. The van der Waals surface area contributed by atoms with E-state index in [2.05, 4.69) is 38.9 Å². The molecule has 1 aliphatic heterocycles. The van der Waals surface area contributed by atoms with Gasteiger partial charge in [0.05, 0.1) is 17.1 Å². The molecule has 0 amide bonds. The molecule has 5 rings (SSSR count). The lowest BCUT2D eigenvalue weighted by Crippen LogP contribution is -2.38. The maximum Gasteiger partial charge on any atom is 0.183 e. The molecule has 0 atom stereocenters. The van der Waals surface area contributed by atoms with E-state index in [1.54, 1.807) is 6.20 Å². The fraction of sp³-hybridized carbons (Fsp3) is 0.292. The summed E-state index contributed by atoms with van der Waals surface area (Å²) in [6, 6.07) is 12.0. The van der Waals surface area contributed by atoms with Crippen LogP contribution in [0.4, 0.5) is 0 Å². The average molecular weight is 432 g/mol. The van der Waals surface area contributed by atoms with Gasteiger partial charge in [-0.2, -0.15) is 5.26 Å². The summed E-state index contributed by atoms with van der Waals surface area (Å²) < 4.78 is 6.43. The Balaban J connectivity index is 1.62. The van der Waals surface area contributed by atoms with Crippen molar-refractivity contribution in [2.75, 3.05) is 19.6 Å². The highest BCUT2D eigenvalue weighted by Gasteiger charge is 2.24. The van der Waals surface area contributed by atoms with Crippen molar-refractivity contribution in [2.45, 2.75) is 25.9 Å². The first-order valence-electron chi connectivity index (χ1n) is 10.5. The van der Waals surface area contributed by atoms with Crippen molar-refractivity contribution in [2.24, 2.45) is 0 Å². The first-order valence-corrected chi connectivity index (χ1v) is 10.9. The smallest absolute Gasteiger partial charge is 0.183 e. The van der Waals surface area contributed by atoms with Gasteiger partial charge in [-0.15, -0.1) is 0 Å². The zero-order valence-electron chi connectivity index (χ0n) is 17.2. The molecule has 1 aliphatic rings. The Hall–Kier alpha value is -3.14. The number of aromatic amines is 1. The number of rotatable bonds is 4. The summed E-state index contributed by atoms with van der Waals surface area (Å²) in [4.78, 5) is 14.7. The molecule has 1 N–H and O–H groups in total. The third-order valence-electron chi connectivity index (χ3n) is 5.97. The Kier molecular flexibility index (Phi) is 5.23. The Morgan fingerprint density at radius 1 is 1.19 bits per heavy atom. The summed E-state index contributed by atoms with van der Waals surface area (Å²) in [5.41, 5.74) is 3.79. The lowest BCUT2D eigenvalue weighted by Gasteiger charge is -2.31. The number of likely N-dealkylation sites (tertiary alicyclic amines) is 1. The quantitative estimate of drug-likeness (QED) is 0.482. The first-order chi connectivity index (χ1) is 15.2. The van der Waals surface area contributed by atoms with E-state index >= 15 is 0 Å². The van der Waals surface area contributed by atoms with Gasteiger partial charge < -0.3 is 14.6 Å². The van der Waals surface area contributed by atoms with Crippen LogP contribution in [0.15, 0.2) is 42.7 Å². The number of nitrogens with one attached hydrogen (secondary N) is 1. The first kappa shape index (κ1) is 19.8. The van der Waals surface area contributed by atoms with E-state index in [0.717, 1.165) is 65.5 Å². The van der Waals surface area contributed by atoms with Crippen LogP contribution in [0, 0.1) is 11.3 Å². The molecule has 0 radical (unpaired) electrons. The van der Waals surface area contributed by atoms with E-state index < -0.39 is 0 Å². The van der Waals surface area contributed by atoms with E-state index in [-0.39, 0.29) is 6.10 Å². The summed E-state index contributed by atoms with van der Waals surface area (Å²) in [6.45, 7) is 5.23.